The molecular weight excluding hydrogens is 284 g/mol. The van der Waals surface area contributed by atoms with Gasteiger partial charge in [-0.1, -0.05) is 51.9 Å². The third-order valence-corrected chi connectivity index (χ3v) is 4.49. The van der Waals surface area contributed by atoms with Crippen molar-refractivity contribution >= 4 is 5.97 Å². The smallest absolute Gasteiger partial charge is 0.309 e. The first-order valence-electron chi connectivity index (χ1n) is 8.83. The molecule has 0 aromatic carbocycles. The summed E-state index contributed by atoms with van der Waals surface area (Å²) in [5.74, 6) is -0.285. The van der Waals surface area contributed by atoms with E-state index in [2.05, 4.69) is 6.92 Å². The van der Waals surface area contributed by atoms with Gasteiger partial charge in [0, 0.05) is 6.61 Å². The molecule has 0 aliphatic carbocycles. The van der Waals surface area contributed by atoms with E-state index in [9.17, 15) is 9.90 Å². The Labute approximate surface area is 133 Å². The highest BCUT2D eigenvalue weighted by Crippen LogP contribution is 2.31. The summed E-state index contributed by atoms with van der Waals surface area (Å²) in [4.78, 5) is 11.1. The minimum Gasteiger partial charge on any atom is -0.457 e. The maximum atomic E-state index is 11.1. The Hall–Kier alpha value is -0.650. The molecule has 4 atom stereocenters. The monoisotopic (exact) mass is 314 g/mol. The molecule has 22 heavy (non-hydrogen) atoms. The lowest BCUT2D eigenvalue weighted by Gasteiger charge is -2.16. The normalized spacial score (nSPS) is 30.5. The standard InChI is InChI=1S/C17H30O5/c1-2-3-4-5-6-7-8-9-10-20-12-14-16(19)17-13(21-14)11-15(18)22-17/h13-14,16-17,19H,2-12H2,1H3/t13-,14-,16+,17+/m1/s1. The van der Waals surface area contributed by atoms with Gasteiger partial charge in [0.15, 0.2) is 6.10 Å². The van der Waals surface area contributed by atoms with Crippen LogP contribution < -0.4 is 0 Å². The second-order valence-corrected chi connectivity index (χ2v) is 6.41. The van der Waals surface area contributed by atoms with Crippen LogP contribution in [-0.2, 0) is 19.0 Å². The van der Waals surface area contributed by atoms with E-state index in [1.807, 2.05) is 0 Å². The van der Waals surface area contributed by atoms with Crippen LogP contribution in [0.5, 0.6) is 0 Å². The van der Waals surface area contributed by atoms with Crippen LogP contribution in [0, 0.1) is 0 Å². The van der Waals surface area contributed by atoms with Crippen molar-refractivity contribution in [3.8, 4) is 0 Å². The molecule has 1 N–H and O–H groups in total. The third kappa shape index (κ3) is 5.21. The van der Waals surface area contributed by atoms with E-state index < -0.39 is 12.2 Å². The summed E-state index contributed by atoms with van der Waals surface area (Å²) >= 11 is 0. The molecule has 128 valence electrons. The van der Waals surface area contributed by atoms with Crippen molar-refractivity contribution < 1.29 is 24.1 Å². The fourth-order valence-electron chi connectivity index (χ4n) is 3.16. The van der Waals surface area contributed by atoms with E-state index >= 15 is 0 Å². The Balaban J connectivity index is 1.44. The number of aliphatic hydroxyl groups excluding tert-OH is 1. The van der Waals surface area contributed by atoms with Crippen molar-refractivity contribution in [1.29, 1.82) is 0 Å². The highest BCUT2D eigenvalue weighted by molar-refractivity contribution is 5.72. The van der Waals surface area contributed by atoms with Gasteiger partial charge < -0.3 is 19.3 Å². The molecule has 0 aromatic rings. The average molecular weight is 314 g/mol. The number of unbranched alkanes of at least 4 members (excludes halogenated alkanes) is 7. The predicted octanol–water partition coefficient (Wildman–Crippen LogP) is 2.59. The summed E-state index contributed by atoms with van der Waals surface area (Å²) in [5, 5.41) is 10.0. The van der Waals surface area contributed by atoms with Crippen LogP contribution in [0.15, 0.2) is 0 Å². The quantitative estimate of drug-likeness (QED) is 0.469. The molecule has 2 aliphatic heterocycles. The highest BCUT2D eigenvalue weighted by Gasteiger charge is 2.50. The molecule has 0 aromatic heterocycles. The van der Waals surface area contributed by atoms with Gasteiger partial charge in [-0.3, -0.25) is 4.79 Å². The number of aliphatic hydroxyl groups is 1. The Kier molecular flexibility index (Phi) is 7.63. The van der Waals surface area contributed by atoms with Crippen LogP contribution in [0.2, 0.25) is 0 Å². The molecule has 0 bridgehead atoms. The number of hydrogen-bond donors (Lipinski definition) is 1. The maximum absolute atomic E-state index is 11.1. The van der Waals surface area contributed by atoms with Crippen LogP contribution in [0.25, 0.3) is 0 Å². The van der Waals surface area contributed by atoms with Gasteiger partial charge >= 0.3 is 5.97 Å². The molecule has 0 radical (unpaired) electrons. The van der Waals surface area contributed by atoms with Crippen molar-refractivity contribution in [2.24, 2.45) is 0 Å². The van der Waals surface area contributed by atoms with Gasteiger partial charge in [0.2, 0.25) is 0 Å². The summed E-state index contributed by atoms with van der Waals surface area (Å²) in [5.41, 5.74) is 0. The van der Waals surface area contributed by atoms with Gasteiger partial charge in [0.25, 0.3) is 0 Å². The Morgan fingerprint density at radius 2 is 1.82 bits per heavy atom. The first-order chi connectivity index (χ1) is 10.7. The SMILES string of the molecule is CCCCCCCCCCOC[C@H]1O[C@@H]2CC(=O)O[C@@H]2[C@H]1O. The van der Waals surface area contributed by atoms with E-state index in [4.69, 9.17) is 14.2 Å². The first kappa shape index (κ1) is 17.7. The van der Waals surface area contributed by atoms with Crippen molar-refractivity contribution in [1.82, 2.24) is 0 Å². The Morgan fingerprint density at radius 3 is 2.50 bits per heavy atom. The van der Waals surface area contributed by atoms with Crippen molar-refractivity contribution in [2.45, 2.75) is 89.1 Å². The van der Waals surface area contributed by atoms with Crippen molar-refractivity contribution in [3.05, 3.63) is 0 Å². The van der Waals surface area contributed by atoms with Gasteiger partial charge in [-0.15, -0.1) is 0 Å². The topological polar surface area (TPSA) is 65.0 Å². The van der Waals surface area contributed by atoms with E-state index in [0.717, 1.165) is 6.42 Å². The first-order valence-corrected chi connectivity index (χ1v) is 8.83. The zero-order chi connectivity index (χ0) is 15.8. The maximum Gasteiger partial charge on any atom is 0.309 e. The molecule has 0 unspecified atom stereocenters. The molecule has 0 amide bonds. The minimum atomic E-state index is -0.755. The van der Waals surface area contributed by atoms with Gasteiger partial charge in [0.1, 0.15) is 18.3 Å². The summed E-state index contributed by atoms with van der Waals surface area (Å²) < 4.78 is 16.3. The molecule has 2 heterocycles. The van der Waals surface area contributed by atoms with Crippen LogP contribution in [0.1, 0.15) is 64.7 Å². The summed E-state index contributed by atoms with van der Waals surface area (Å²) in [6.45, 7) is 3.32. The van der Waals surface area contributed by atoms with Gasteiger partial charge in [0.05, 0.1) is 13.0 Å². The summed E-state index contributed by atoms with van der Waals surface area (Å²) in [6.07, 6.45) is 8.53. The number of esters is 1. The molecule has 5 nitrogen and oxygen atoms in total. The third-order valence-electron chi connectivity index (χ3n) is 4.49. The van der Waals surface area contributed by atoms with Crippen LogP contribution in [0.3, 0.4) is 0 Å². The van der Waals surface area contributed by atoms with E-state index in [1.165, 1.54) is 44.9 Å². The molecular formula is C17H30O5. The molecule has 2 saturated heterocycles. The number of rotatable bonds is 11. The molecule has 0 spiro atoms. The zero-order valence-electron chi connectivity index (χ0n) is 13.7. The van der Waals surface area contributed by atoms with Crippen molar-refractivity contribution in [3.63, 3.8) is 0 Å². The molecule has 2 aliphatic rings. The lowest BCUT2D eigenvalue weighted by Crippen LogP contribution is -2.34. The van der Waals surface area contributed by atoms with Crippen LogP contribution in [-0.4, -0.2) is 48.7 Å². The largest absolute Gasteiger partial charge is 0.457 e. The fourth-order valence-corrected chi connectivity index (χ4v) is 3.16. The summed E-state index contributed by atoms with van der Waals surface area (Å²) in [6, 6.07) is 0. The Morgan fingerprint density at radius 1 is 1.14 bits per heavy atom. The average Bonchev–Trinajstić information content (AvgIpc) is 2.99. The molecule has 2 rings (SSSR count). The second kappa shape index (κ2) is 9.48. The molecule has 5 heteroatoms. The van der Waals surface area contributed by atoms with E-state index in [0.29, 0.717) is 13.2 Å². The van der Waals surface area contributed by atoms with E-state index in [1.54, 1.807) is 0 Å². The minimum absolute atomic E-state index is 0.246. The number of hydrogen-bond acceptors (Lipinski definition) is 5. The second-order valence-electron chi connectivity index (χ2n) is 6.41. The number of carbonyl (C=O) groups excluding carboxylic acids is 1. The lowest BCUT2D eigenvalue weighted by atomic mass is 10.1. The van der Waals surface area contributed by atoms with Gasteiger partial charge in [-0.25, -0.2) is 0 Å². The van der Waals surface area contributed by atoms with Gasteiger partial charge in [-0.05, 0) is 6.42 Å². The van der Waals surface area contributed by atoms with E-state index in [-0.39, 0.29) is 24.6 Å². The molecule has 0 saturated carbocycles. The number of ether oxygens (including phenoxy) is 3. The fraction of sp³-hybridized carbons (Fsp3) is 0.941. The van der Waals surface area contributed by atoms with Crippen LogP contribution in [0.4, 0.5) is 0 Å². The zero-order valence-corrected chi connectivity index (χ0v) is 13.7. The number of carbonyl (C=O) groups is 1. The summed E-state index contributed by atoms with van der Waals surface area (Å²) in [7, 11) is 0. The predicted molar refractivity (Wildman–Crippen MR) is 82.6 cm³/mol. The molecule has 2 fully saturated rings. The highest BCUT2D eigenvalue weighted by atomic mass is 16.6. The van der Waals surface area contributed by atoms with Gasteiger partial charge in [-0.2, -0.15) is 0 Å². The lowest BCUT2D eigenvalue weighted by molar-refractivity contribution is -0.146. The number of fused-ring (bicyclic) bond motifs is 1. The van der Waals surface area contributed by atoms with Crippen molar-refractivity contribution in [2.75, 3.05) is 13.2 Å². The Bertz CT molecular complexity index is 333. The van der Waals surface area contributed by atoms with Crippen LogP contribution >= 0.6 is 0 Å².